The lowest BCUT2D eigenvalue weighted by Crippen LogP contribution is -2.27. The van der Waals surface area contributed by atoms with E-state index in [1.165, 1.54) is 11.0 Å². The monoisotopic (exact) mass is 233 g/mol. The zero-order valence-corrected chi connectivity index (χ0v) is 9.50. The van der Waals surface area contributed by atoms with E-state index in [0.717, 1.165) is 0 Å². The summed E-state index contributed by atoms with van der Waals surface area (Å²) in [5.41, 5.74) is 0.268. The number of benzene rings is 1. The highest BCUT2D eigenvalue weighted by Gasteiger charge is 2.62. The molecular weight excluding hydrogens is 221 g/mol. The van der Waals surface area contributed by atoms with Gasteiger partial charge in [0.2, 0.25) is 5.91 Å². The molecule has 88 valence electrons. The summed E-state index contributed by atoms with van der Waals surface area (Å²) < 4.78 is 13.4. The molecule has 4 heteroatoms. The molecule has 3 nitrogen and oxygen atoms in total. The molecule has 0 aromatic heterocycles. The summed E-state index contributed by atoms with van der Waals surface area (Å²) in [5.74, 6) is -0.534. The standard InChI is InChI=1S/C13H12FNO2/c1-8-2-3-9(6-10(8)14)15-7-11(16)13(4-5-13)12(15)17/h2-3,6H,4-5,7H2,1H3. The molecule has 0 radical (unpaired) electrons. The summed E-state index contributed by atoms with van der Waals surface area (Å²) >= 11 is 0. The van der Waals surface area contributed by atoms with E-state index >= 15 is 0 Å². The van der Waals surface area contributed by atoms with Gasteiger partial charge in [0.05, 0.1) is 6.54 Å². The van der Waals surface area contributed by atoms with Gasteiger partial charge >= 0.3 is 0 Å². The lowest BCUT2D eigenvalue weighted by atomic mass is 10.1. The summed E-state index contributed by atoms with van der Waals surface area (Å²) in [6.07, 6.45) is 1.30. The summed E-state index contributed by atoms with van der Waals surface area (Å²) in [6, 6.07) is 4.63. The molecule has 0 bridgehead atoms. The number of carbonyl (C=O) groups excluding carboxylic acids is 2. The van der Waals surface area contributed by atoms with E-state index < -0.39 is 5.41 Å². The number of carbonyl (C=O) groups is 2. The second-order valence-electron chi connectivity index (χ2n) is 4.83. The molecule has 2 fully saturated rings. The lowest BCUT2D eigenvalue weighted by Gasteiger charge is -2.16. The van der Waals surface area contributed by atoms with E-state index in [2.05, 4.69) is 0 Å². The number of nitrogens with zero attached hydrogens (tertiary/aromatic N) is 1. The molecule has 0 unspecified atom stereocenters. The van der Waals surface area contributed by atoms with Gasteiger partial charge in [0.15, 0.2) is 5.78 Å². The van der Waals surface area contributed by atoms with Gasteiger partial charge in [-0.2, -0.15) is 0 Å². The van der Waals surface area contributed by atoms with Gasteiger partial charge < -0.3 is 4.90 Å². The van der Waals surface area contributed by atoms with Crippen molar-refractivity contribution >= 4 is 17.4 Å². The van der Waals surface area contributed by atoms with Crippen molar-refractivity contribution in [2.45, 2.75) is 19.8 Å². The first kappa shape index (κ1) is 10.4. The van der Waals surface area contributed by atoms with E-state index in [1.54, 1.807) is 19.1 Å². The third-order valence-electron chi connectivity index (χ3n) is 3.71. The molecule has 1 amide bonds. The van der Waals surface area contributed by atoms with Gasteiger partial charge in [0.1, 0.15) is 11.2 Å². The van der Waals surface area contributed by atoms with Crippen molar-refractivity contribution in [3.63, 3.8) is 0 Å². The van der Waals surface area contributed by atoms with Crippen LogP contribution in [0.25, 0.3) is 0 Å². The molecule has 1 heterocycles. The largest absolute Gasteiger partial charge is 0.304 e. The topological polar surface area (TPSA) is 37.4 Å². The molecule has 0 atom stereocenters. The Morgan fingerprint density at radius 3 is 2.53 bits per heavy atom. The van der Waals surface area contributed by atoms with E-state index in [1.807, 2.05) is 0 Å². The number of anilines is 1. The minimum absolute atomic E-state index is 0.0246. The number of hydrogen-bond acceptors (Lipinski definition) is 2. The Hall–Kier alpha value is -1.71. The lowest BCUT2D eigenvalue weighted by molar-refractivity contribution is -0.128. The maximum absolute atomic E-state index is 13.4. The second kappa shape index (κ2) is 3.15. The molecule has 17 heavy (non-hydrogen) atoms. The Morgan fingerprint density at radius 1 is 1.29 bits per heavy atom. The van der Waals surface area contributed by atoms with E-state index in [-0.39, 0.29) is 24.1 Å². The Kier molecular flexibility index (Phi) is 1.94. The Labute approximate surface area is 98.2 Å². The van der Waals surface area contributed by atoms with E-state index in [0.29, 0.717) is 24.1 Å². The number of rotatable bonds is 1. The first-order valence-electron chi connectivity index (χ1n) is 5.66. The van der Waals surface area contributed by atoms with Crippen LogP contribution in [0, 0.1) is 18.2 Å². The predicted octanol–water partition coefficient (Wildman–Crippen LogP) is 1.83. The fourth-order valence-electron chi connectivity index (χ4n) is 2.32. The molecule has 1 saturated carbocycles. The van der Waals surface area contributed by atoms with Crippen LogP contribution in [0.4, 0.5) is 10.1 Å². The first-order valence-corrected chi connectivity index (χ1v) is 5.66. The maximum Gasteiger partial charge on any atom is 0.241 e. The molecule has 0 N–H and O–H groups in total. The van der Waals surface area contributed by atoms with Crippen LogP contribution in [0.2, 0.25) is 0 Å². The van der Waals surface area contributed by atoms with Crippen molar-refractivity contribution in [2.24, 2.45) is 5.41 Å². The van der Waals surface area contributed by atoms with E-state index in [9.17, 15) is 14.0 Å². The van der Waals surface area contributed by atoms with Crippen LogP contribution in [0.1, 0.15) is 18.4 Å². The number of aryl methyl sites for hydroxylation is 1. The SMILES string of the molecule is Cc1ccc(N2CC(=O)C3(CC3)C2=O)cc1F. The third kappa shape index (κ3) is 1.33. The van der Waals surface area contributed by atoms with Crippen molar-refractivity contribution in [1.29, 1.82) is 0 Å². The van der Waals surface area contributed by atoms with Gasteiger partial charge in [-0.1, -0.05) is 6.07 Å². The van der Waals surface area contributed by atoms with Crippen molar-refractivity contribution < 1.29 is 14.0 Å². The Bertz CT molecular complexity index is 534. The van der Waals surface area contributed by atoms with Crippen molar-refractivity contribution in [1.82, 2.24) is 0 Å². The Morgan fingerprint density at radius 2 is 2.00 bits per heavy atom. The van der Waals surface area contributed by atoms with Gasteiger partial charge in [-0.25, -0.2) is 4.39 Å². The smallest absolute Gasteiger partial charge is 0.241 e. The van der Waals surface area contributed by atoms with Crippen molar-refractivity contribution in [3.8, 4) is 0 Å². The summed E-state index contributed by atoms with van der Waals surface area (Å²) in [5, 5.41) is 0. The molecule has 1 aliphatic carbocycles. The molecular formula is C13H12FNO2. The molecule has 1 spiro atoms. The molecule has 1 aromatic carbocycles. The molecule has 1 aliphatic heterocycles. The third-order valence-corrected chi connectivity index (χ3v) is 3.71. The summed E-state index contributed by atoms with van der Waals surface area (Å²) in [4.78, 5) is 25.2. The average molecular weight is 233 g/mol. The summed E-state index contributed by atoms with van der Waals surface area (Å²) in [6.45, 7) is 1.75. The maximum atomic E-state index is 13.4. The van der Waals surface area contributed by atoms with Crippen LogP contribution in [0.5, 0.6) is 0 Å². The second-order valence-corrected chi connectivity index (χ2v) is 4.83. The highest BCUT2D eigenvalue weighted by atomic mass is 19.1. The van der Waals surface area contributed by atoms with Crippen LogP contribution < -0.4 is 4.90 Å². The Balaban J connectivity index is 1.98. The van der Waals surface area contributed by atoms with Crippen LogP contribution in [0.15, 0.2) is 18.2 Å². The minimum Gasteiger partial charge on any atom is -0.304 e. The summed E-state index contributed by atoms with van der Waals surface area (Å²) in [7, 11) is 0. The molecule has 1 aromatic rings. The van der Waals surface area contributed by atoms with Gasteiger partial charge in [0.25, 0.3) is 0 Å². The predicted molar refractivity (Wildman–Crippen MR) is 60.2 cm³/mol. The van der Waals surface area contributed by atoms with Gasteiger partial charge in [0, 0.05) is 5.69 Å². The zero-order chi connectivity index (χ0) is 12.2. The van der Waals surface area contributed by atoms with Crippen molar-refractivity contribution in [3.05, 3.63) is 29.6 Å². The number of amides is 1. The van der Waals surface area contributed by atoms with Crippen LogP contribution in [-0.4, -0.2) is 18.2 Å². The number of Topliss-reactive ketones (excluding diaryl/α,β-unsaturated/α-hetero) is 1. The van der Waals surface area contributed by atoms with Crippen LogP contribution in [-0.2, 0) is 9.59 Å². The number of halogens is 1. The van der Waals surface area contributed by atoms with Gasteiger partial charge in [-0.05, 0) is 37.5 Å². The van der Waals surface area contributed by atoms with Crippen LogP contribution in [0.3, 0.4) is 0 Å². The zero-order valence-electron chi connectivity index (χ0n) is 9.50. The highest BCUT2D eigenvalue weighted by Crippen LogP contribution is 2.52. The van der Waals surface area contributed by atoms with E-state index in [4.69, 9.17) is 0 Å². The normalized spacial score (nSPS) is 21.4. The molecule has 1 saturated heterocycles. The van der Waals surface area contributed by atoms with Gasteiger partial charge in [-0.3, -0.25) is 9.59 Å². The molecule has 2 aliphatic rings. The quantitative estimate of drug-likeness (QED) is 0.694. The fraction of sp³-hybridized carbons (Fsp3) is 0.385. The molecule has 3 rings (SSSR count). The number of ketones is 1. The first-order chi connectivity index (χ1) is 8.04. The number of hydrogen-bond donors (Lipinski definition) is 0. The van der Waals surface area contributed by atoms with Gasteiger partial charge in [-0.15, -0.1) is 0 Å². The van der Waals surface area contributed by atoms with Crippen molar-refractivity contribution in [2.75, 3.05) is 11.4 Å². The van der Waals surface area contributed by atoms with Crippen LogP contribution >= 0.6 is 0 Å². The fourth-order valence-corrected chi connectivity index (χ4v) is 2.32. The highest BCUT2D eigenvalue weighted by molar-refractivity contribution is 6.23. The average Bonchev–Trinajstić information content (AvgIpc) is 3.05. The minimum atomic E-state index is -0.749.